The zero-order valence-electron chi connectivity index (χ0n) is 19.3. The van der Waals surface area contributed by atoms with Gasteiger partial charge in [0.15, 0.2) is 0 Å². The number of rotatable bonds is 10. The Bertz CT molecular complexity index is 1280. The quantitative estimate of drug-likeness (QED) is 0.192. The van der Waals surface area contributed by atoms with Crippen molar-refractivity contribution in [1.29, 1.82) is 0 Å². The molecule has 1 aromatic heterocycles. The predicted octanol–water partition coefficient (Wildman–Crippen LogP) is 3.78. The number of hydrogen-bond donors (Lipinski definition) is 2. The predicted molar refractivity (Wildman–Crippen MR) is 134 cm³/mol. The third kappa shape index (κ3) is 6.39. The summed E-state index contributed by atoms with van der Waals surface area (Å²) in [4.78, 5) is 13.7. The first-order valence-corrected chi connectivity index (χ1v) is 13.0. The van der Waals surface area contributed by atoms with Crippen LogP contribution < -0.4 is 10.2 Å². The number of hydrogen-bond acceptors (Lipinski definition) is 6. The highest BCUT2D eigenvalue weighted by atomic mass is 32.2. The third-order valence-electron chi connectivity index (χ3n) is 5.91. The Morgan fingerprint density at radius 1 is 1.06 bits per heavy atom. The molecule has 1 saturated heterocycles. The van der Waals surface area contributed by atoms with Gasteiger partial charge in [0.1, 0.15) is 5.75 Å². The molecule has 9 heteroatoms. The van der Waals surface area contributed by atoms with Crippen molar-refractivity contribution in [2.45, 2.75) is 24.2 Å². The van der Waals surface area contributed by atoms with Gasteiger partial charge in [-0.1, -0.05) is 24.3 Å². The molecule has 3 aromatic rings. The van der Waals surface area contributed by atoms with Gasteiger partial charge in [0.2, 0.25) is 0 Å². The first-order valence-electron chi connectivity index (χ1n) is 11.6. The van der Waals surface area contributed by atoms with Gasteiger partial charge in [0, 0.05) is 25.0 Å². The molecule has 8 nitrogen and oxygen atoms in total. The lowest BCUT2D eigenvalue weighted by atomic mass is 10.1. The molecule has 2 N–H and O–H groups in total. The second-order valence-corrected chi connectivity index (χ2v) is 10.2. The molecule has 2 heterocycles. The normalized spacial score (nSPS) is 14.4. The average molecular weight is 496 g/mol. The highest BCUT2D eigenvalue weighted by Crippen LogP contribution is 2.26. The Kier molecular flexibility index (Phi) is 8.02. The van der Waals surface area contributed by atoms with E-state index in [1.165, 1.54) is 49.9 Å². The van der Waals surface area contributed by atoms with Crippen molar-refractivity contribution in [3.63, 3.8) is 0 Å². The number of nitrogens with zero attached hydrogens (tertiary/aromatic N) is 2. The van der Waals surface area contributed by atoms with Gasteiger partial charge in [-0.2, -0.15) is 0 Å². The zero-order valence-corrected chi connectivity index (χ0v) is 20.2. The maximum Gasteiger partial charge on any atom is 0.267 e. The number of hydroxylamine groups is 1. The Hall–Kier alpha value is -3.40. The Morgan fingerprint density at radius 2 is 1.83 bits per heavy atom. The number of amides is 1. The number of aromatic nitrogens is 1. The van der Waals surface area contributed by atoms with Crippen molar-refractivity contribution in [2.24, 2.45) is 0 Å². The van der Waals surface area contributed by atoms with E-state index in [0.29, 0.717) is 12.2 Å². The van der Waals surface area contributed by atoms with Gasteiger partial charge < -0.3 is 9.64 Å². The molecule has 0 bridgehead atoms. The average Bonchev–Trinajstić information content (AvgIpc) is 3.58. The molecular formula is C26H29N3O5S. The van der Waals surface area contributed by atoms with E-state index in [1.54, 1.807) is 30.3 Å². The molecule has 0 atom stereocenters. The Morgan fingerprint density at radius 3 is 2.57 bits per heavy atom. The molecule has 0 unspecified atom stereocenters. The molecule has 2 aromatic carbocycles. The maximum atomic E-state index is 13.0. The largest absolute Gasteiger partial charge is 0.494 e. The molecule has 1 aliphatic heterocycles. The number of likely N-dealkylation sites (tertiary alicyclic amines) is 1. The van der Waals surface area contributed by atoms with Crippen LogP contribution in [0, 0.1) is 0 Å². The van der Waals surface area contributed by atoms with E-state index in [0.717, 1.165) is 39.9 Å². The molecule has 4 rings (SSSR count). The van der Waals surface area contributed by atoms with Crippen LogP contribution in [0.3, 0.4) is 0 Å². The standard InChI is InChI=1S/C26H29N3O5S/c30-26(27-31)12-7-21-13-17-29(20-21)35(32,33)25-10-8-22(9-11-25)23-5-3-6-24(19-23)34-18-4-16-28-14-1-2-15-28/h3,5-13,17,19-20,31H,1-2,4,14-16,18H2,(H,27,30)/b12-7+. The minimum absolute atomic E-state index is 0.148. The van der Waals surface area contributed by atoms with Crippen molar-refractivity contribution in [2.75, 3.05) is 26.2 Å². The monoisotopic (exact) mass is 495 g/mol. The van der Waals surface area contributed by atoms with Crippen LogP contribution in [0.5, 0.6) is 5.75 Å². The summed E-state index contributed by atoms with van der Waals surface area (Å²) in [6, 6.07) is 16.0. The summed E-state index contributed by atoms with van der Waals surface area (Å²) in [6.45, 7) is 4.10. The Balaban J connectivity index is 1.40. The van der Waals surface area contributed by atoms with Crippen LogP contribution in [0.15, 0.2) is 78.0 Å². The number of nitrogens with one attached hydrogen (secondary N) is 1. The van der Waals surface area contributed by atoms with Crippen LogP contribution in [0.4, 0.5) is 0 Å². The molecule has 0 aliphatic carbocycles. The van der Waals surface area contributed by atoms with Crippen LogP contribution in [0.2, 0.25) is 0 Å². The van der Waals surface area contributed by atoms with Gasteiger partial charge in [-0.3, -0.25) is 10.0 Å². The van der Waals surface area contributed by atoms with Gasteiger partial charge in [0.05, 0.1) is 11.5 Å². The number of carbonyl (C=O) groups is 1. The lowest BCUT2D eigenvalue weighted by Crippen LogP contribution is -2.21. The smallest absolute Gasteiger partial charge is 0.267 e. The fourth-order valence-corrected chi connectivity index (χ4v) is 5.25. The number of carbonyl (C=O) groups excluding carboxylic acids is 1. The zero-order chi connectivity index (χ0) is 24.7. The van der Waals surface area contributed by atoms with Crippen LogP contribution in [0.1, 0.15) is 24.8 Å². The van der Waals surface area contributed by atoms with E-state index in [2.05, 4.69) is 4.90 Å². The minimum Gasteiger partial charge on any atom is -0.494 e. The Labute approximate surface area is 205 Å². The fraction of sp³-hybridized carbons (Fsp3) is 0.269. The van der Waals surface area contributed by atoms with E-state index >= 15 is 0 Å². The van der Waals surface area contributed by atoms with Crippen molar-refractivity contribution in [3.05, 3.63) is 78.6 Å². The SMILES string of the molecule is O=C(/C=C/c1ccn(S(=O)(=O)c2ccc(-c3cccc(OCCCN4CCCC4)c3)cc2)c1)NO. The summed E-state index contributed by atoms with van der Waals surface area (Å²) >= 11 is 0. The first-order chi connectivity index (χ1) is 17.0. The molecular weight excluding hydrogens is 466 g/mol. The molecule has 0 spiro atoms. The van der Waals surface area contributed by atoms with Crippen LogP contribution in [-0.4, -0.2) is 54.6 Å². The lowest BCUT2D eigenvalue weighted by molar-refractivity contribution is -0.124. The number of benzene rings is 2. The maximum absolute atomic E-state index is 13.0. The molecule has 1 amide bonds. The minimum atomic E-state index is -3.79. The van der Waals surface area contributed by atoms with Crippen molar-refractivity contribution >= 4 is 22.0 Å². The van der Waals surface area contributed by atoms with Gasteiger partial charge in [0.25, 0.3) is 15.9 Å². The number of ether oxygens (including phenoxy) is 1. The molecule has 0 saturated carbocycles. The van der Waals surface area contributed by atoms with Crippen LogP contribution in [-0.2, 0) is 14.8 Å². The summed E-state index contributed by atoms with van der Waals surface area (Å²) in [5.74, 6) is 0.0937. The second kappa shape index (κ2) is 11.4. The highest BCUT2D eigenvalue weighted by Gasteiger charge is 2.17. The molecule has 1 fully saturated rings. The molecule has 0 radical (unpaired) electrons. The first kappa shape index (κ1) is 24.7. The highest BCUT2D eigenvalue weighted by molar-refractivity contribution is 7.90. The summed E-state index contributed by atoms with van der Waals surface area (Å²) in [5, 5.41) is 8.54. The summed E-state index contributed by atoms with van der Waals surface area (Å²) in [6.07, 6.45) is 8.88. The summed E-state index contributed by atoms with van der Waals surface area (Å²) in [5.41, 5.74) is 3.82. The van der Waals surface area contributed by atoms with Gasteiger partial charge in [-0.15, -0.1) is 0 Å². The third-order valence-corrected chi connectivity index (χ3v) is 7.56. The van der Waals surface area contributed by atoms with E-state index in [-0.39, 0.29) is 4.90 Å². The van der Waals surface area contributed by atoms with Gasteiger partial charge in [-0.25, -0.2) is 17.9 Å². The van der Waals surface area contributed by atoms with Gasteiger partial charge in [-0.05, 0) is 85.5 Å². The van der Waals surface area contributed by atoms with E-state index in [9.17, 15) is 13.2 Å². The van der Waals surface area contributed by atoms with E-state index in [1.807, 2.05) is 24.3 Å². The molecule has 1 aliphatic rings. The molecule has 35 heavy (non-hydrogen) atoms. The van der Waals surface area contributed by atoms with Crippen molar-refractivity contribution in [3.8, 4) is 16.9 Å². The van der Waals surface area contributed by atoms with E-state index in [4.69, 9.17) is 9.94 Å². The van der Waals surface area contributed by atoms with Gasteiger partial charge >= 0.3 is 0 Å². The van der Waals surface area contributed by atoms with E-state index < -0.39 is 15.9 Å². The fourth-order valence-electron chi connectivity index (χ4n) is 4.04. The topological polar surface area (TPSA) is 101 Å². The second-order valence-electron chi connectivity index (χ2n) is 8.39. The van der Waals surface area contributed by atoms with Crippen LogP contribution >= 0.6 is 0 Å². The van der Waals surface area contributed by atoms with Crippen molar-refractivity contribution in [1.82, 2.24) is 14.4 Å². The summed E-state index contributed by atoms with van der Waals surface area (Å²) in [7, 11) is -3.79. The molecule has 184 valence electrons. The lowest BCUT2D eigenvalue weighted by Gasteiger charge is -2.14. The van der Waals surface area contributed by atoms with Crippen LogP contribution in [0.25, 0.3) is 17.2 Å². The van der Waals surface area contributed by atoms with Crippen molar-refractivity contribution < 1.29 is 23.2 Å². The summed E-state index contributed by atoms with van der Waals surface area (Å²) < 4.78 is 33.0.